The zero-order valence-electron chi connectivity index (χ0n) is 14.6. The van der Waals surface area contributed by atoms with Gasteiger partial charge in [-0.1, -0.05) is 12.2 Å². The van der Waals surface area contributed by atoms with Crippen molar-refractivity contribution in [2.75, 3.05) is 31.7 Å². The molecule has 4 rings (SSSR count). The summed E-state index contributed by atoms with van der Waals surface area (Å²) in [5.74, 6) is 0.911. The predicted molar refractivity (Wildman–Crippen MR) is 99.1 cm³/mol. The van der Waals surface area contributed by atoms with Crippen LogP contribution in [0.15, 0.2) is 40.3 Å². The first-order valence-corrected chi connectivity index (χ1v) is 10.3. The molecule has 1 N–H and O–H groups in total. The van der Waals surface area contributed by atoms with Crippen molar-refractivity contribution >= 4 is 27.1 Å². The van der Waals surface area contributed by atoms with Gasteiger partial charge in [0.25, 0.3) is 5.69 Å². The molecular weight excluding hydrogens is 372 g/mol. The number of benzene rings is 1. The van der Waals surface area contributed by atoms with Gasteiger partial charge >= 0.3 is 0 Å². The maximum Gasteiger partial charge on any atom is 0.270 e. The fraction of sp³-hybridized carbons (Fsp3) is 0.471. The standard InChI is InChI=1S/C17H20N4O5S/c22-21(23)13-4-5-15(18-19-16-10-12-2-1-3-14(12)16)17(11-13)27(24,25)20-6-8-26-9-7-20/h1-2,4-5,11-12,14,18H,3,6-10H2/b19-16-/t12-,14-/m1/s1. The smallest absolute Gasteiger partial charge is 0.270 e. The Kier molecular flexibility index (Phi) is 4.70. The Hall–Kier alpha value is -2.30. The number of fused-ring (bicyclic) bond motifs is 1. The van der Waals surface area contributed by atoms with Crippen LogP contribution in [0, 0.1) is 22.0 Å². The summed E-state index contributed by atoms with van der Waals surface area (Å²) in [4.78, 5) is 10.4. The number of rotatable bonds is 5. The zero-order chi connectivity index (χ0) is 19.0. The number of hydrazone groups is 1. The van der Waals surface area contributed by atoms with Gasteiger partial charge in [0.1, 0.15) is 4.90 Å². The largest absolute Gasteiger partial charge is 0.379 e. The van der Waals surface area contributed by atoms with Gasteiger partial charge < -0.3 is 4.74 Å². The molecule has 2 aliphatic carbocycles. The van der Waals surface area contributed by atoms with E-state index in [1.54, 1.807) is 0 Å². The first kappa shape index (κ1) is 18.1. The minimum atomic E-state index is -3.90. The lowest BCUT2D eigenvalue weighted by molar-refractivity contribution is -0.385. The molecule has 27 heavy (non-hydrogen) atoms. The highest BCUT2D eigenvalue weighted by molar-refractivity contribution is 7.89. The third-order valence-electron chi connectivity index (χ3n) is 5.25. The first-order chi connectivity index (χ1) is 13.0. The number of anilines is 1. The van der Waals surface area contributed by atoms with Crippen molar-refractivity contribution < 1.29 is 18.1 Å². The number of sulfonamides is 1. The summed E-state index contributed by atoms with van der Waals surface area (Å²) in [6.45, 7) is 1.04. The number of allylic oxidation sites excluding steroid dienone is 2. The van der Waals surface area contributed by atoms with Crippen molar-refractivity contribution in [3.63, 3.8) is 0 Å². The molecule has 10 heteroatoms. The number of hydrogen-bond donors (Lipinski definition) is 1. The van der Waals surface area contributed by atoms with E-state index < -0.39 is 14.9 Å². The van der Waals surface area contributed by atoms with E-state index in [0.29, 0.717) is 25.0 Å². The maximum absolute atomic E-state index is 13.0. The van der Waals surface area contributed by atoms with Crippen LogP contribution in [0.5, 0.6) is 0 Å². The average molecular weight is 392 g/mol. The molecule has 1 aromatic rings. The van der Waals surface area contributed by atoms with E-state index in [2.05, 4.69) is 22.7 Å². The molecule has 0 aromatic heterocycles. The van der Waals surface area contributed by atoms with Gasteiger partial charge in [0.15, 0.2) is 0 Å². The second-order valence-corrected chi connectivity index (χ2v) is 8.71. The molecule has 0 radical (unpaired) electrons. The maximum atomic E-state index is 13.0. The number of non-ortho nitro benzene ring substituents is 1. The molecule has 3 aliphatic rings. The van der Waals surface area contributed by atoms with Gasteiger partial charge in [0, 0.05) is 36.9 Å². The van der Waals surface area contributed by atoms with Gasteiger partial charge in [-0.3, -0.25) is 15.5 Å². The van der Waals surface area contributed by atoms with Crippen LogP contribution in [0.25, 0.3) is 0 Å². The number of nitro groups is 1. The Bertz CT molecular complexity index is 921. The Labute approximate surface area is 156 Å². The van der Waals surface area contributed by atoms with E-state index in [1.807, 2.05) is 0 Å². The van der Waals surface area contributed by atoms with Crippen LogP contribution in [0.2, 0.25) is 0 Å². The summed E-state index contributed by atoms with van der Waals surface area (Å²) in [7, 11) is -3.90. The van der Waals surface area contributed by atoms with Crippen LogP contribution in [0.4, 0.5) is 11.4 Å². The third kappa shape index (κ3) is 3.35. The van der Waals surface area contributed by atoms with Crippen molar-refractivity contribution in [2.24, 2.45) is 16.9 Å². The van der Waals surface area contributed by atoms with Crippen LogP contribution >= 0.6 is 0 Å². The van der Waals surface area contributed by atoms with Crippen molar-refractivity contribution in [3.8, 4) is 0 Å². The van der Waals surface area contributed by atoms with Crippen LogP contribution in [0.3, 0.4) is 0 Å². The molecule has 2 fully saturated rings. The molecule has 0 bridgehead atoms. The summed E-state index contributed by atoms with van der Waals surface area (Å²) in [5.41, 5.74) is 3.81. The second kappa shape index (κ2) is 7.02. The van der Waals surface area contributed by atoms with Gasteiger partial charge in [-0.05, 0) is 24.8 Å². The Morgan fingerprint density at radius 2 is 2.07 bits per heavy atom. The van der Waals surface area contributed by atoms with Crippen LogP contribution in [-0.2, 0) is 14.8 Å². The first-order valence-electron chi connectivity index (χ1n) is 8.82. The summed E-state index contributed by atoms with van der Waals surface area (Å²) in [5, 5.41) is 15.5. The number of nitrogens with zero attached hydrogens (tertiary/aromatic N) is 3. The quantitative estimate of drug-likeness (QED) is 0.466. The van der Waals surface area contributed by atoms with E-state index in [4.69, 9.17) is 4.74 Å². The lowest BCUT2D eigenvalue weighted by Gasteiger charge is -2.32. The molecule has 1 aromatic carbocycles. The molecular formula is C17H20N4O5S. The summed E-state index contributed by atoms with van der Waals surface area (Å²) in [6, 6.07) is 3.77. The van der Waals surface area contributed by atoms with Gasteiger partial charge in [-0.2, -0.15) is 9.41 Å². The molecule has 2 atom stereocenters. The fourth-order valence-corrected chi connectivity index (χ4v) is 5.22. The van der Waals surface area contributed by atoms with E-state index in [9.17, 15) is 18.5 Å². The highest BCUT2D eigenvalue weighted by Gasteiger charge is 2.38. The molecule has 0 spiro atoms. The molecule has 1 saturated carbocycles. The van der Waals surface area contributed by atoms with Gasteiger partial charge in [-0.15, -0.1) is 0 Å². The molecule has 0 unspecified atom stereocenters. The summed E-state index contributed by atoms with van der Waals surface area (Å²) >= 11 is 0. The molecule has 144 valence electrons. The zero-order valence-corrected chi connectivity index (χ0v) is 15.4. The second-order valence-electron chi connectivity index (χ2n) is 6.81. The topological polar surface area (TPSA) is 114 Å². The molecule has 0 amide bonds. The van der Waals surface area contributed by atoms with Crippen LogP contribution < -0.4 is 5.43 Å². The lowest BCUT2D eigenvalue weighted by Crippen LogP contribution is -2.40. The minimum Gasteiger partial charge on any atom is -0.379 e. The average Bonchev–Trinajstić information content (AvgIpc) is 3.03. The number of nitro benzene ring substituents is 1. The normalized spacial score (nSPS) is 26.6. The Morgan fingerprint density at radius 1 is 1.30 bits per heavy atom. The van der Waals surface area contributed by atoms with E-state index in [0.717, 1.165) is 24.6 Å². The van der Waals surface area contributed by atoms with Crippen molar-refractivity contribution in [2.45, 2.75) is 17.7 Å². The van der Waals surface area contributed by atoms with Gasteiger partial charge in [0.05, 0.1) is 23.8 Å². The number of nitrogens with one attached hydrogen (secondary N) is 1. The molecule has 9 nitrogen and oxygen atoms in total. The monoisotopic (exact) mass is 392 g/mol. The Morgan fingerprint density at radius 3 is 2.78 bits per heavy atom. The van der Waals surface area contributed by atoms with E-state index >= 15 is 0 Å². The minimum absolute atomic E-state index is 0.136. The summed E-state index contributed by atoms with van der Waals surface area (Å²) in [6.07, 6.45) is 6.12. The SMILES string of the molecule is O=[N+]([O-])c1ccc(N/N=C2/C[C@H]3C=CC[C@@H]23)c(S(=O)(=O)N2CCOCC2)c1. The Balaban J connectivity index is 1.64. The van der Waals surface area contributed by atoms with Crippen molar-refractivity contribution in [1.29, 1.82) is 0 Å². The molecule has 1 aliphatic heterocycles. The number of morpholine rings is 1. The van der Waals surface area contributed by atoms with Crippen LogP contribution in [-0.4, -0.2) is 49.7 Å². The molecule has 1 heterocycles. The highest BCUT2D eigenvalue weighted by atomic mass is 32.2. The van der Waals surface area contributed by atoms with Gasteiger partial charge in [-0.25, -0.2) is 8.42 Å². The predicted octanol–water partition coefficient (Wildman–Crippen LogP) is 1.98. The highest BCUT2D eigenvalue weighted by Crippen LogP contribution is 2.40. The van der Waals surface area contributed by atoms with E-state index in [-0.39, 0.29) is 29.4 Å². The third-order valence-corrected chi connectivity index (χ3v) is 7.19. The lowest BCUT2D eigenvalue weighted by atomic mass is 9.74. The van der Waals surface area contributed by atoms with Crippen molar-refractivity contribution in [1.82, 2.24) is 4.31 Å². The fourth-order valence-electron chi connectivity index (χ4n) is 3.65. The summed E-state index contributed by atoms with van der Waals surface area (Å²) < 4.78 is 32.6. The van der Waals surface area contributed by atoms with Crippen LogP contribution in [0.1, 0.15) is 12.8 Å². The number of hydrogen-bond acceptors (Lipinski definition) is 7. The molecule has 1 saturated heterocycles. The number of ether oxygens (including phenoxy) is 1. The van der Waals surface area contributed by atoms with Crippen molar-refractivity contribution in [3.05, 3.63) is 40.5 Å². The van der Waals surface area contributed by atoms with E-state index in [1.165, 1.54) is 16.4 Å². The van der Waals surface area contributed by atoms with Gasteiger partial charge in [0.2, 0.25) is 10.0 Å².